The Balaban J connectivity index is 1.25. The Hall–Kier alpha value is -3.31. The van der Waals surface area contributed by atoms with Crippen molar-refractivity contribution < 1.29 is 9.53 Å². The molecule has 3 aromatic carbocycles. The minimum Gasteiger partial charge on any atom is -0.494 e. The first-order chi connectivity index (χ1) is 17.1. The first-order valence-corrected chi connectivity index (χ1v) is 12.6. The zero-order valence-electron chi connectivity index (χ0n) is 20.2. The number of halogens is 1. The zero-order chi connectivity index (χ0) is 24.5. The van der Waals surface area contributed by atoms with Crippen LogP contribution in [0.5, 0.6) is 5.75 Å². The monoisotopic (exact) mass is 489 g/mol. The van der Waals surface area contributed by atoms with Crippen molar-refractivity contribution in [3.05, 3.63) is 94.8 Å². The third kappa shape index (κ3) is 7.33. The molecule has 0 spiro atoms. The molecule has 0 aliphatic carbocycles. The first-order valence-electron chi connectivity index (χ1n) is 12.2. The topological polar surface area (TPSA) is 56.1 Å². The highest BCUT2D eigenvalue weighted by atomic mass is 35.5. The Kier molecular flexibility index (Phi) is 8.79. The number of hydrogen-bond donors (Lipinski definition) is 1. The number of hydrogen-bond acceptors (Lipinski definition) is 3. The number of amides is 1. The van der Waals surface area contributed by atoms with Crippen molar-refractivity contribution in [3.63, 3.8) is 0 Å². The molecule has 0 fully saturated rings. The molecule has 1 heterocycles. The summed E-state index contributed by atoms with van der Waals surface area (Å²) < 4.78 is 8.22. The molecule has 182 valence electrons. The maximum atomic E-state index is 12.3. The van der Waals surface area contributed by atoms with E-state index in [4.69, 9.17) is 21.3 Å². The van der Waals surface area contributed by atoms with Crippen LogP contribution in [0, 0.1) is 6.92 Å². The van der Waals surface area contributed by atoms with E-state index in [9.17, 15) is 4.79 Å². The van der Waals surface area contributed by atoms with Crippen molar-refractivity contribution in [2.75, 3.05) is 13.2 Å². The Morgan fingerprint density at radius 1 is 1.00 bits per heavy atom. The number of imidazole rings is 1. The van der Waals surface area contributed by atoms with Crippen LogP contribution in [0.15, 0.2) is 72.8 Å². The predicted octanol–water partition coefficient (Wildman–Crippen LogP) is 6.15. The molecule has 0 aliphatic heterocycles. The summed E-state index contributed by atoms with van der Waals surface area (Å²) in [6, 6.07) is 23.8. The van der Waals surface area contributed by atoms with Crippen LogP contribution in [-0.4, -0.2) is 28.6 Å². The number of nitrogens with zero attached hydrogens (tertiary/aromatic N) is 2. The average Bonchev–Trinajstić information content (AvgIpc) is 3.20. The SMILES string of the molecule is Cc1cccc(OCCCCn2c(CCCNC(=O)Cc3ccc(Cl)cc3)nc3ccccc32)c1. The van der Waals surface area contributed by atoms with E-state index >= 15 is 0 Å². The molecule has 5 nitrogen and oxygen atoms in total. The van der Waals surface area contributed by atoms with E-state index in [1.54, 1.807) is 0 Å². The van der Waals surface area contributed by atoms with Gasteiger partial charge in [-0.1, -0.05) is 48.0 Å². The van der Waals surface area contributed by atoms with Gasteiger partial charge in [-0.25, -0.2) is 4.98 Å². The van der Waals surface area contributed by atoms with Crippen LogP contribution in [0.1, 0.15) is 36.2 Å². The minimum atomic E-state index is 0.0226. The fraction of sp³-hybridized carbons (Fsp3) is 0.310. The van der Waals surface area contributed by atoms with Gasteiger partial charge in [0.2, 0.25) is 5.91 Å². The second kappa shape index (κ2) is 12.4. The Bertz CT molecular complexity index is 1250. The van der Waals surface area contributed by atoms with Gasteiger partial charge in [0.25, 0.3) is 0 Å². The number of nitrogens with one attached hydrogen (secondary N) is 1. The lowest BCUT2D eigenvalue weighted by Gasteiger charge is -2.11. The van der Waals surface area contributed by atoms with Crippen molar-refractivity contribution in [3.8, 4) is 5.75 Å². The second-order valence-electron chi connectivity index (χ2n) is 8.80. The zero-order valence-corrected chi connectivity index (χ0v) is 20.9. The largest absolute Gasteiger partial charge is 0.494 e. The predicted molar refractivity (Wildman–Crippen MR) is 142 cm³/mol. The van der Waals surface area contributed by atoms with E-state index in [1.807, 2.05) is 42.5 Å². The highest BCUT2D eigenvalue weighted by Gasteiger charge is 2.11. The van der Waals surface area contributed by atoms with E-state index in [0.29, 0.717) is 24.6 Å². The third-order valence-corrected chi connectivity index (χ3v) is 6.20. The molecule has 4 rings (SSSR count). The van der Waals surface area contributed by atoms with Gasteiger partial charge in [-0.15, -0.1) is 0 Å². The fourth-order valence-corrected chi connectivity index (χ4v) is 4.28. The summed E-state index contributed by atoms with van der Waals surface area (Å²) in [4.78, 5) is 17.1. The molecule has 1 aromatic heterocycles. The number of carbonyl (C=O) groups is 1. The summed E-state index contributed by atoms with van der Waals surface area (Å²) in [6.07, 6.45) is 4.00. The second-order valence-corrected chi connectivity index (χ2v) is 9.23. The van der Waals surface area contributed by atoms with E-state index < -0.39 is 0 Å². The first kappa shape index (κ1) is 24.8. The van der Waals surface area contributed by atoms with Gasteiger partial charge >= 0.3 is 0 Å². The van der Waals surface area contributed by atoms with Crippen LogP contribution >= 0.6 is 11.6 Å². The number of para-hydroxylation sites is 2. The van der Waals surface area contributed by atoms with Crippen molar-refractivity contribution in [2.45, 2.75) is 45.6 Å². The molecule has 4 aromatic rings. The lowest BCUT2D eigenvalue weighted by Crippen LogP contribution is -2.26. The van der Waals surface area contributed by atoms with Crippen LogP contribution in [0.25, 0.3) is 11.0 Å². The Morgan fingerprint density at radius 2 is 1.83 bits per heavy atom. The van der Waals surface area contributed by atoms with Crippen LogP contribution in [0.2, 0.25) is 5.02 Å². The Labute approximate surface area is 212 Å². The molecule has 0 saturated heterocycles. The average molecular weight is 490 g/mol. The molecule has 0 atom stereocenters. The quantitative estimate of drug-likeness (QED) is 0.243. The standard InChI is InChI=1S/C29H32ClN3O2/c1-22-8-6-9-25(20-22)35-19-5-4-18-33-27-11-3-2-10-26(27)32-28(33)12-7-17-31-29(34)21-23-13-15-24(30)16-14-23/h2-3,6,8-11,13-16,20H,4-5,7,12,17-19,21H2,1H3,(H,31,34). The molecule has 1 amide bonds. The molecular weight excluding hydrogens is 458 g/mol. The number of ether oxygens (including phenoxy) is 1. The van der Waals surface area contributed by atoms with E-state index in [2.05, 4.69) is 47.1 Å². The smallest absolute Gasteiger partial charge is 0.224 e. The van der Waals surface area contributed by atoms with E-state index in [1.165, 1.54) is 5.56 Å². The van der Waals surface area contributed by atoms with Gasteiger partial charge < -0.3 is 14.6 Å². The van der Waals surface area contributed by atoms with Gasteiger partial charge in [0.05, 0.1) is 24.1 Å². The number of carbonyl (C=O) groups excluding carboxylic acids is 1. The normalized spacial score (nSPS) is 11.0. The molecular formula is C29H32ClN3O2. The van der Waals surface area contributed by atoms with Gasteiger partial charge in [0.15, 0.2) is 0 Å². The number of rotatable bonds is 12. The summed E-state index contributed by atoms with van der Waals surface area (Å²) in [5, 5.41) is 3.70. The van der Waals surface area contributed by atoms with Gasteiger partial charge in [-0.3, -0.25) is 4.79 Å². The van der Waals surface area contributed by atoms with E-state index in [0.717, 1.165) is 60.4 Å². The van der Waals surface area contributed by atoms with Gasteiger partial charge in [-0.2, -0.15) is 0 Å². The number of aromatic nitrogens is 2. The number of fused-ring (bicyclic) bond motifs is 1. The molecule has 1 N–H and O–H groups in total. The van der Waals surface area contributed by atoms with Gasteiger partial charge in [0.1, 0.15) is 11.6 Å². The summed E-state index contributed by atoms with van der Waals surface area (Å²) in [7, 11) is 0. The molecule has 0 saturated carbocycles. The molecule has 0 unspecified atom stereocenters. The van der Waals surface area contributed by atoms with Crippen LogP contribution < -0.4 is 10.1 Å². The van der Waals surface area contributed by atoms with Crippen molar-refractivity contribution in [1.82, 2.24) is 14.9 Å². The van der Waals surface area contributed by atoms with Crippen molar-refractivity contribution in [1.29, 1.82) is 0 Å². The fourth-order valence-electron chi connectivity index (χ4n) is 4.16. The molecule has 35 heavy (non-hydrogen) atoms. The number of benzene rings is 3. The molecule has 0 radical (unpaired) electrons. The van der Waals surface area contributed by atoms with Crippen LogP contribution in [-0.2, 0) is 24.2 Å². The van der Waals surface area contributed by atoms with Crippen molar-refractivity contribution in [2.24, 2.45) is 0 Å². The highest BCUT2D eigenvalue weighted by Crippen LogP contribution is 2.19. The summed E-state index contributed by atoms with van der Waals surface area (Å²) in [6.45, 7) is 4.30. The lowest BCUT2D eigenvalue weighted by atomic mass is 10.1. The maximum Gasteiger partial charge on any atom is 0.224 e. The minimum absolute atomic E-state index is 0.0226. The molecule has 6 heteroatoms. The lowest BCUT2D eigenvalue weighted by molar-refractivity contribution is -0.120. The van der Waals surface area contributed by atoms with Crippen molar-refractivity contribution >= 4 is 28.5 Å². The van der Waals surface area contributed by atoms with E-state index in [-0.39, 0.29) is 5.91 Å². The summed E-state index contributed by atoms with van der Waals surface area (Å²) in [5.74, 6) is 2.02. The van der Waals surface area contributed by atoms with Gasteiger partial charge in [0, 0.05) is 24.5 Å². The highest BCUT2D eigenvalue weighted by molar-refractivity contribution is 6.30. The summed E-state index contributed by atoms with van der Waals surface area (Å²) >= 11 is 5.91. The third-order valence-electron chi connectivity index (χ3n) is 5.95. The molecule has 0 bridgehead atoms. The maximum absolute atomic E-state index is 12.3. The van der Waals surface area contributed by atoms with Crippen LogP contribution in [0.4, 0.5) is 0 Å². The Morgan fingerprint density at radius 3 is 2.66 bits per heavy atom. The molecule has 0 aliphatic rings. The van der Waals surface area contributed by atoms with Gasteiger partial charge in [-0.05, 0) is 73.7 Å². The summed E-state index contributed by atoms with van der Waals surface area (Å²) in [5.41, 5.74) is 4.34. The number of unbranched alkanes of at least 4 members (excludes halogenated alkanes) is 1. The number of aryl methyl sites for hydroxylation is 3. The van der Waals surface area contributed by atoms with Crippen LogP contribution in [0.3, 0.4) is 0 Å².